The summed E-state index contributed by atoms with van der Waals surface area (Å²) >= 11 is 0. The number of aryl methyl sites for hydroxylation is 3. The van der Waals surface area contributed by atoms with Crippen LogP contribution in [0, 0.1) is 20.8 Å². The summed E-state index contributed by atoms with van der Waals surface area (Å²) < 4.78 is 10.8. The molecule has 1 heterocycles. The van der Waals surface area contributed by atoms with Crippen LogP contribution in [0.15, 0.2) is 66.4 Å². The molecule has 3 aromatic carbocycles. The third kappa shape index (κ3) is 4.07. The normalized spacial score (nSPS) is 13.5. The summed E-state index contributed by atoms with van der Waals surface area (Å²) in [5.41, 5.74) is 5.40. The second-order valence-electron chi connectivity index (χ2n) is 8.05. The number of nitrogens with one attached hydrogen (secondary N) is 1. The Morgan fingerprint density at radius 3 is 2.15 bits per heavy atom. The highest BCUT2D eigenvalue weighted by Crippen LogP contribution is 2.37. The number of carbonyl (C=O) groups is 2. The minimum atomic E-state index is -0.407. The fourth-order valence-electron chi connectivity index (χ4n) is 4.00. The summed E-state index contributed by atoms with van der Waals surface area (Å²) in [6.45, 7) is 5.90. The molecule has 2 amide bonds. The smallest absolute Gasteiger partial charge is 0.282 e. The molecule has 33 heavy (non-hydrogen) atoms. The highest BCUT2D eigenvalue weighted by atomic mass is 16.5. The van der Waals surface area contributed by atoms with Crippen molar-refractivity contribution < 1.29 is 19.1 Å². The number of rotatable bonds is 6. The molecule has 0 saturated heterocycles. The van der Waals surface area contributed by atoms with E-state index in [1.807, 2.05) is 57.2 Å². The van der Waals surface area contributed by atoms with Gasteiger partial charge in [0, 0.05) is 5.69 Å². The Bertz CT molecular complexity index is 1290. The lowest BCUT2D eigenvalue weighted by Gasteiger charge is -2.16. The Labute approximate surface area is 193 Å². The van der Waals surface area contributed by atoms with Crippen molar-refractivity contribution in [3.63, 3.8) is 0 Å². The minimum absolute atomic E-state index is 0.223. The Kier molecular flexibility index (Phi) is 5.92. The molecular weight excluding hydrogens is 416 g/mol. The fraction of sp³-hybridized carbons (Fsp3) is 0.185. The molecular formula is C27H26N2O4. The van der Waals surface area contributed by atoms with E-state index in [1.54, 1.807) is 31.4 Å². The van der Waals surface area contributed by atoms with E-state index in [9.17, 15) is 9.59 Å². The molecule has 4 rings (SSSR count). The number of benzene rings is 3. The van der Waals surface area contributed by atoms with Crippen LogP contribution in [0.5, 0.6) is 11.5 Å². The summed E-state index contributed by atoms with van der Waals surface area (Å²) in [5, 5.41) is 3.24. The standard InChI is InChI=1S/C27H26N2O4/c1-16-7-6-8-20(14-16)29-26(30)24(19-10-12-22(32-4)23(15-19)33-5)25(27(29)31)28-21-11-9-17(2)13-18(21)3/h6-15,28H,1-5H3. The second kappa shape index (κ2) is 8.82. The summed E-state index contributed by atoms with van der Waals surface area (Å²) in [4.78, 5) is 28.5. The first kappa shape index (κ1) is 22.1. The monoisotopic (exact) mass is 442 g/mol. The zero-order chi connectivity index (χ0) is 23.7. The first-order chi connectivity index (χ1) is 15.8. The van der Waals surface area contributed by atoms with E-state index in [0.717, 1.165) is 22.4 Å². The number of carbonyl (C=O) groups excluding carboxylic acids is 2. The predicted octanol–water partition coefficient (Wildman–Crippen LogP) is 5.03. The number of hydrogen-bond donors (Lipinski definition) is 1. The maximum atomic E-state index is 13.7. The average molecular weight is 443 g/mol. The quantitative estimate of drug-likeness (QED) is 0.543. The van der Waals surface area contributed by atoms with E-state index < -0.39 is 11.8 Å². The molecule has 0 unspecified atom stereocenters. The maximum Gasteiger partial charge on any atom is 0.282 e. The molecule has 0 atom stereocenters. The zero-order valence-corrected chi connectivity index (χ0v) is 19.4. The lowest BCUT2D eigenvalue weighted by molar-refractivity contribution is -0.120. The van der Waals surface area contributed by atoms with Gasteiger partial charge < -0.3 is 14.8 Å². The van der Waals surface area contributed by atoms with Crippen LogP contribution in [-0.2, 0) is 9.59 Å². The number of anilines is 2. The van der Waals surface area contributed by atoms with Crippen LogP contribution in [0.3, 0.4) is 0 Å². The highest BCUT2D eigenvalue weighted by molar-refractivity contribution is 6.46. The van der Waals surface area contributed by atoms with Gasteiger partial charge in [0.15, 0.2) is 11.5 Å². The van der Waals surface area contributed by atoms with Gasteiger partial charge in [0.25, 0.3) is 11.8 Å². The van der Waals surface area contributed by atoms with Gasteiger partial charge in [-0.15, -0.1) is 0 Å². The maximum absolute atomic E-state index is 13.7. The Morgan fingerprint density at radius 2 is 1.48 bits per heavy atom. The molecule has 0 aliphatic carbocycles. The van der Waals surface area contributed by atoms with Crippen LogP contribution in [0.2, 0.25) is 0 Å². The molecule has 6 nitrogen and oxygen atoms in total. The van der Waals surface area contributed by atoms with Crippen LogP contribution in [0.4, 0.5) is 11.4 Å². The van der Waals surface area contributed by atoms with Gasteiger partial charge in [0.1, 0.15) is 5.70 Å². The van der Waals surface area contributed by atoms with Gasteiger partial charge in [-0.3, -0.25) is 9.59 Å². The summed E-state index contributed by atoms with van der Waals surface area (Å²) in [6.07, 6.45) is 0. The SMILES string of the molecule is COc1ccc(C2=C(Nc3ccc(C)cc3C)C(=O)N(c3cccc(C)c3)C2=O)cc1OC. The van der Waals surface area contributed by atoms with E-state index in [-0.39, 0.29) is 11.3 Å². The third-order valence-electron chi connectivity index (χ3n) is 5.66. The third-order valence-corrected chi connectivity index (χ3v) is 5.66. The summed E-state index contributed by atoms with van der Waals surface area (Å²) in [6, 6.07) is 18.4. The molecule has 1 aliphatic rings. The van der Waals surface area contributed by atoms with Gasteiger partial charge in [0.2, 0.25) is 0 Å². The Balaban J connectivity index is 1.87. The Hall–Kier alpha value is -4.06. The van der Waals surface area contributed by atoms with E-state index in [0.29, 0.717) is 22.7 Å². The average Bonchev–Trinajstić information content (AvgIpc) is 3.04. The van der Waals surface area contributed by atoms with Crippen LogP contribution in [0.25, 0.3) is 5.57 Å². The minimum Gasteiger partial charge on any atom is -0.493 e. The molecule has 0 radical (unpaired) electrons. The number of imide groups is 1. The van der Waals surface area contributed by atoms with Gasteiger partial charge in [0.05, 0.1) is 25.5 Å². The number of ether oxygens (including phenoxy) is 2. The number of nitrogens with zero attached hydrogens (tertiary/aromatic N) is 1. The van der Waals surface area contributed by atoms with Gasteiger partial charge in [-0.1, -0.05) is 35.9 Å². The number of methoxy groups -OCH3 is 2. The zero-order valence-electron chi connectivity index (χ0n) is 19.4. The summed E-state index contributed by atoms with van der Waals surface area (Å²) in [7, 11) is 3.08. The molecule has 0 aromatic heterocycles. The van der Waals surface area contributed by atoms with Crippen molar-refractivity contribution >= 4 is 28.8 Å². The molecule has 0 saturated carbocycles. The molecule has 0 fully saturated rings. The van der Waals surface area contributed by atoms with Crippen LogP contribution < -0.4 is 19.7 Å². The van der Waals surface area contributed by atoms with Crippen LogP contribution >= 0.6 is 0 Å². The molecule has 3 aromatic rings. The van der Waals surface area contributed by atoms with Crippen molar-refractivity contribution in [2.24, 2.45) is 0 Å². The highest BCUT2D eigenvalue weighted by Gasteiger charge is 2.40. The summed E-state index contributed by atoms with van der Waals surface area (Å²) in [5.74, 6) is 0.209. The van der Waals surface area contributed by atoms with Crippen molar-refractivity contribution in [2.45, 2.75) is 20.8 Å². The molecule has 6 heteroatoms. The topological polar surface area (TPSA) is 67.9 Å². The largest absolute Gasteiger partial charge is 0.493 e. The van der Waals surface area contributed by atoms with Gasteiger partial charge in [-0.05, 0) is 67.8 Å². The number of hydrogen-bond acceptors (Lipinski definition) is 5. The first-order valence-electron chi connectivity index (χ1n) is 10.6. The number of amides is 2. The lowest BCUT2D eigenvalue weighted by atomic mass is 10.0. The van der Waals surface area contributed by atoms with E-state index in [2.05, 4.69) is 5.32 Å². The predicted molar refractivity (Wildman–Crippen MR) is 130 cm³/mol. The molecule has 0 spiro atoms. The van der Waals surface area contributed by atoms with E-state index in [4.69, 9.17) is 9.47 Å². The van der Waals surface area contributed by atoms with E-state index >= 15 is 0 Å². The Morgan fingerprint density at radius 1 is 0.758 bits per heavy atom. The second-order valence-corrected chi connectivity index (χ2v) is 8.05. The van der Waals surface area contributed by atoms with Crippen molar-refractivity contribution in [1.29, 1.82) is 0 Å². The van der Waals surface area contributed by atoms with Crippen LogP contribution in [-0.4, -0.2) is 26.0 Å². The first-order valence-corrected chi connectivity index (χ1v) is 10.6. The van der Waals surface area contributed by atoms with Crippen molar-refractivity contribution in [1.82, 2.24) is 0 Å². The van der Waals surface area contributed by atoms with Crippen molar-refractivity contribution in [2.75, 3.05) is 24.4 Å². The van der Waals surface area contributed by atoms with Gasteiger partial charge >= 0.3 is 0 Å². The lowest BCUT2D eigenvalue weighted by Crippen LogP contribution is -2.32. The molecule has 0 bridgehead atoms. The fourth-order valence-corrected chi connectivity index (χ4v) is 4.00. The van der Waals surface area contributed by atoms with Crippen molar-refractivity contribution in [3.8, 4) is 11.5 Å². The van der Waals surface area contributed by atoms with Gasteiger partial charge in [-0.2, -0.15) is 0 Å². The molecule has 168 valence electrons. The molecule has 1 N–H and O–H groups in total. The van der Waals surface area contributed by atoms with Gasteiger partial charge in [-0.25, -0.2) is 4.90 Å². The van der Waals surface area contributed by atoms with Crippen molar-refractivity contribution in [3.05, 3.63) is 88.6 Å². The molecule has 1 aliphatic heterocycles. The van der Waals surface area contributed by atoms with E-state index in [1.165, 1.54) is 12.0 Å². The van der Waals surface area contributed by atoms with Crippen LogP contribution in [0.1, 0.15) is 22.3 Å².